The van der Waals surface area contributed by atoms with Crippen LogP contribution >= 0.6 is 24.8 Å². The van der Waals surface area contributed by atoms with Crippen LogP contribution in [-0.4, -0.2) is 3.21 Å². The first-order valence-corrected chi connectivity index (χ1v) is 10.1. The summed E-state index contributed by atoms with van der Waals surface area (Å²) < 4.78 is 1.51. The average molecular weight is 489 g/mol. The Hall–Kier alpha value is -1.27. The summed E-state index contributed by atoms with van der Waals surface area (Å²) in [6.07, 6.45) is 16.7. The zero-order chi connectivity index (χ0) is 18.6. The Morgan fingerprint density at radius 3 is 1.25 bits per heavy atom. The van der Waals surface area contributed by atoms with Gasteiger partial charge < -0.3 is 0 Å². The molecule has 0 aromatic heterocycles. The van der Waals surface area contributed by atoms with Gasteiger partial charge in [0.05, 0.1) is 0 Å². The van der Waals surface area contributed by atoms with Gasteiger partial charge in [-0.1, -0.05) is 60.7 Å². The standard InChI is InChI=1S/2C11H9.C3H6.2ClH.Zr/c2*1-2-6-10(7-3-1)11-8-4-5-9-11;1-3-2;;;/h2*1-3,6-9H,4H2;1-2H3;2*1H;/q2*-1;;;;+2. The first-order valence-electron chi connectivity index (χ1n) is 8.83. The van der Waals surface area contributed by atoms with Crippen molar-refractivity contribution < 1.29 is 24.2 Å². The molecule has 0 amide bonds. The predicted octanol–water partition coefficient (Wildman–Crippen LogP) is 7.26. The number of halogens is 2. The van der Waals surface area contributed by atoms with Crippen LogP contribution in [0.15, 0.2) is 85.0 Å². The van der Waals surface area contributed by atoms with Crippen LogP contribution < -0.4 is 0 Å². The maximum absolute atomic E-state index is 3.15. The molecule has 0 heterocycles. The molecule has 0 N–H and O–H groups in total. The Labute approximate surface area is 197 Å². The van der Waals surface area contributed by atoms with Crippen molar-refractivity contribution in [1.82, 2.24) is 0 Å². The maximum Gasteiger partial charge on any atom is -0.0623 e. The van der Waals surface area contributed by atoms with Gasteiger partial charge in [-0.3, -0.25) is 12.2 Å². The predicted molar refractivity (Wildman–Crippen MR) is 125 cm³/mol. The summed E-state index contributed by atoms with van der Waals surface area (Å²) >= 11 is 1.55. The maximum atomic E-state index is 3.15. The minimum atomic E-state index is 0. The van der Waals surface area contributed by atoms with E-state index in [-0.39, 0.29) is 24.8 Å². The summed E-state index contributed by atoms with van der Waals surface area (Å²) in [5, 5.41) is 0. The van der Waals surface area contributed by atoms with Crippen molar-refractivity contribution in [2.75, 3.05) is 0 Å². The van der Waals surface area contributed by atoms with Crippen molar-refractivity contribution in [1.29, 1.82) is 0 Å². The molecular weight excluding hydrogens is 462 g/mol. The topological polar surface area (TPSA) is 0 Å². The number of rotatable bonds is 2. The summed E-state index contributed by atoms with van der Waals surface area (Å²) in [6.45, 7) is 4.25. The summed E-state index contributed by atoms with van der Waals surface area (Å²) in [5.41, 5.74) is 5.17. The van der Waals surface area contributed by atoms with Crippen molar-refractivity contribution >= 4 is 39.2 Å². The van der Waals surface area contributed by atoms with Crippen LogP contribution in [0.25, 0.3) is 11.1 Å². The Morgan fingerprint density at radius 1 is 0.679 bits per heavy atom. The van der Waals surface area contributed by atoms with Crippen molar-refractivity contribution in [3.05, 3.63) is 108 Å². The van der Waals surface area contributed by atoms with E-state index in [2.05, 4.69) is 98.8 Å². The fourth-order valence-corrected chi connectivity index (χ4v) is 2.46. The van der Waals surface area contributed by atoms with E-state index >= 15 is 0 Å². The first-order chi connectivity index (χ1) is 12.7. The molecule has 4 rings (SSSR count). The van der Waals surface area contributed by atoms with Crippen molar-refractivity contribution in [2.24, 2.45) is 0 Å². The minimum Gasteiger partial charge on any atom is -0.272 e. The van der Waals surface area contributed by atoms with Crippen LogP contribution in [0.1, 0.15) is 37.8 Å². The molecule has 0 spiro atoms. The van der Waals surface area contributed by atoms with Gasteiger partial charge in [0.15, 0.2) is 0 Å². The van der Waals surface area contributed by atoms with E-state index in [1.54, 1.807) is 24.2 Å². The molecule has 2 aliphatic rings. The van der Waals surface area contributed by atoms with E-state index in [4.69, 9.17) is 0 Å². The normalized spacial score (nSPS) is 12.9. The van der Waals surface area contributed by atoms with E-state index < -0.39 is 0 Å². The van der Waals surface area contributed by atoms with Crippen molar-refractivity contribution in [3.63, 3.8) is 0 Å². The van der Waals surface area contributed by atoms with Gasteiger partial charge in [0.25, 0.3) is 0 Å². The summed E-state index contributed by atoms with van der Waals surface area (Å²) in [7, 11) is 0. The van der Waals surface area contributed by atoms with Crippen LogP contribution in [0, 0.1) is 12.2 Å². The largest absolute Gasteiger partial charge is 0.272 e. The van der Waals surface area contributed by atoms with Crippen LogP contribution in [0.4, 0.5) is 0 Å². The molecule has 0 unspecified atom stereocenters. The quantitative estimate of drug-likeness (QED) is 0.391. The third-order valence-corrected chi connectivity index (χ3v) is 3.61. The molecular formula is C25H26Cl2Zr. The SMILES string of the molecule is C[C](C)=[Zr+2].Cl.Cl.[C-]1=CC(c2ccccc2)=CC1.[C-]1=CC(c2ccccc2)=CC1. The monoisotopic (exact) mass is 486 g/mol. The fourth-order valence-electron chi connectivity index (χ4n) is 2.46. The Bertz CT molecular complexity index is 747. The molecule has 0 nitrogen and oxygen atoms in total. The van der Waals surface area contributed by atoms with E-state index in [9.17, 15) is 0 Å². The third kappa shape index (κ3) is 10.3. The molecule has 0 saturated carbocycles. The number of hydrogen-bond acceptors (Lipinski definition) is 0. The molecule has 0 atom stereocenters. The van der Waals surface area contributed by atoms with Crippen LogP contribution in [-0.2, 0) is 24.2 Å². The van der Waals surface area contributed by atoms with Crippen LogP contribution in [0.2, 0.25) is 0 Å². The first kappa shape index (κ1) is 26.7. The summed E-state index contributed by atoms with van der Waals surface area (Å²) in [4.78, 5) is 0. The molecule has 0 fully saturated rings. The van der Waals surface area contributed by atoms with Gasteiger partial charge in [-0.05, 0) is 0 Å². The van der Waals surface area contributed by atoms with Crippen molar-refractivity contribution in [3.8, 4) is 0 Å². The molecule has 0 aliphatic heterocycles. The summed E-state index contributed by atoms with van der Waals surface area (Å²) in [6, 6.07) is 20.8. The smallest absolute Gasteiger partial charge is 0.0623 e. The molecule has 0 radical (unpaired) electrons. The van der Waals surface area contributed by atoms with Gasteiger partial charge in [0, 0.05) is 0 Å². The minimum absolute atomic E-state index is 0. The average Bonchev–Trinajstić information content (AvgIpc) is 3.37. The second-order valence-corrected chi connectivity index (χ2v) is 8.61. The summed E-state index contributed by atoms with van der Waals surface area (Å²) in [5.74, 6) is 0. The van der Waals surface area contributed by atoms with Crippen molar-refractivity contribution in [2.45, 2.75) is 26.7 Å². The second kappa shape index (κ2) is 15.6. The number of allylic oxidation sites excluding steroid dienone is 8. The van der Waals surface area contributed by atoms with E-state index in [1.807, 2.05) is 12.1 Å². The molecule has 28 heavy (non-hydrogen) atoms. The zero-order valence-corrected chi connectivity index (χ0v) is 20.4. The number of benzene rings is 2. The number of hydrogen-bond donors (Lipinski definition) is 0. The van der Waals surface area contributed by atoms with Gasteiger partial charge in [0.1, 0.15) is 0 Å². The molecule has 2 aromatic rings. The van der Waals surface area contributed by atoms with Gasteiger partial charge in [-0.2, -0.15) is 23.3 Å². The molecule has 0 saturated heterocycles. The molecule has 2 aromatic carbocycles. The molecule has 3 heteroatoms. The van der Waals surface area contributed by atoms with Crippen LogP contribution in [0.5, 0.6) is 0 Å². The van der Waals surface area contributed by atoms with E-state index in [1.165, 1.54) is 25.5 Å². The van der Waals surface area contributed by atoms with Crippen LogP contribution in [0.3, 0.4) is 0 Å². The third-order valence-electron chi connectivity index (χ3n) is 3.61. The van der Waals surface area contributed by atoms with Gasteiger partial charge >= 0.3 is 41.3 Å². The Balaban J connectivity index is 0.000000415. The van der Waals surface area contributed by atoms with E-state index in [0.29, 0.717) is 0 Å². The van der Waals surface area contributed by atoms with Gasteiger partial charge in [-0.25, -0.2) is 12.2 Å². The molecule has 0 bridgehead atoms. The zero-order valence-electron chi connectivity index (χ0n) is 16.3. The fraction of sp³-hybridized carbons (Fsp3) is 0.160. The van der Waals surface area contributed by atoms with Gasteiger partial charge in [0.2, 0.25) is 0 Å². The molecule has 2 aliphatic carbocycles. The Morgan fingerprint density at radius 2 is 1.00 bits per heavy atom. The molecule has 144 valence electrons. The second-order valence-electron chi connectivity index (χ2n) is 6.16. The Kier molecular flexibility index (Phi) is 14.9. The van der Waals surface area contributed by atoms with Gasteiger partial charge in [-0.15, -0.1) is 48.8 Å². The van der Waals surface area contributed by atoms with E-state index in [0.717, 1.165) is 12.8 Å².